The van der Waals surface area contributed by atoms with Crippen LogP contribution in [0.2, 0.25) is 0 Å². The highest BCUT2D eigenvalue weighted by Crippen LogP contribution is 2.25. The molecule has 0 unspecified atom stereocenters. The number of hydrogen-bond acceptors (Lipinski definition) is 3. The van der Waals surface area contributed by atoms with Crippen LogP contribution in [0.4, 0.5) is 0 Å². The molecule has 3 aromatic carbocycles. The van der Waals surface area contributed by atoms with Gasteiger partial charge in [-0.3, -0.25) is 0 Å². The van der Waals surface area contributed by atoms with Crippen molar-refractivity contribution in [2.24, 2.45) is 0 Å². The monoisotopic (exact) mass is 392 g/mol. The topological polar surface area (TPSA) is 25.8 Å². The Hall–Kier alpha value is -3.56. The molecular formula is C26H20N2S. The summed E-state index contributed by atoms with van der Waals surface area (Å²) >= 11 is 1.24. The van der Waals surface area contributed by atoms with E-state index in [0.717, 1.165) is 44.4 Å². The molecule has 0 aliphatic carbocycles. The summed E-state index contributed by atoms with van der Waals surface area (Å²) < 4.78 is 9.06. The third kappa shape index (κ3) is 4.00. The molecule has 1 aromatic heterocycles. The van der Waals surface area contributed by atoms with Gasteiger partial charge in [-0.2, -0.15) is 8.75 Å². The number of rotatable bonds is 6. The molecule has 0 atom stereocenters. The van der Waals surface area contributed by atoms with E-state index in [4.69, 9.17) is 0 Å². The minimum atomic E-state index is 0.918. The lowest BCUT2D eigenvalue weighted by Crippen LogP contribution is -1.84. The summed E-state index contributed by atoms with van der Waals surface area (Å²) in [6.07, 6.45) is 12.1. The average Bonchev–Trinajstić information content (AvgIpc) is 3.27. The molecule has 0 N–H and O–H groups in total. The summed E-state index contributed by atoms with van der Waals surface area (Å²) in [6, 6.07) is 20.6. The summed E-state index contributed by atoms with van der Waals surface area (Å²) in [6.45, 7) is 7.78. The van der Waals surface area contributed by atoms with Crippen LogP contribution in [0, 0.1) is 0 Å². The molecule has 2 nitrogen and oxygen atoms in total. The summed E-state index contributed by atoms with van der Waals surface area (Å²) in [5, 5.41) is 0. The van der Waals surface area contributed by atoms with Crippen molar-refractivity contribution in [3.8, 4) is 0 Å². The van der Waals surface area contributed by atoms with Gasteiger partial charge < -0.3 is 0 Å². The zero-order chi connectivity index (χ0) is 20.1. The molecule has 0 aliphatic heterocycles. The molecule has 29 heavy (non-hydrogen) atoms. The first-order chi connectivity index (χ1) is 14.3. The van der Waals surface area contributed by atoms with Crippen molar-refractivity contribution >= 4 is 59.2 Å². The Balaban J connectivity index is 1.69. The quantitative estimate of drug-likeness (QED) is 0.321. The zero-order valence-electron chi connectivity index (χ0n) is 16.0. The Morgan fingerprint density at radius 2 is 0.897 bits per heavy atom. The average molecular weight is 393 g/mol. The predicted octanol–water partition coefficient (Wildman–Crippen LogP) is 7.32. The third-order valence-electron chi connectivity index (χ3n) is 4.79. The minimum Gasteiger partial charge on any atom is -0.172 e. The molecule has 1 heterocycles. The molecule has 0 spiro atoms. The lowest BCUT2D eigenvalue weighted by Gasteiger charge is -2.03. The lowest BCUT2D eigenvalue weighted by atomic mass is 10.0. The molecule has 0 fully saturated rings. The number of hydrogen-bond donors (Lipinski definition) is 0. The second-order valence-electron chi connectivity index (χ2n) is 6.54. The summed E-state index contributed by atoms with van der Waals surface area (Å²) in [4.78, 5) is 0. The lowest BCUT2D eigenvalue weighted by molar-refractivity contribution is 1.58. The Morgan fingerprint density at radius 3 is 1.31 bits per heavy atom. The van der Waals surface area contributed by atoms with Crippen molar-refractivity contribution in [1.82, 2.24) is 8.75 Å². The maximum absolute atomic E-state index is 4.53. The van der Waals surface area contributed by atoms with Gasteiger partial charge in [-0.25, -0.2) is 0 Å². The Bertz CT molecular complexity index is 1150. The minimum absolute atomic E-state index is 0.918. The highest BCUT2D eigenvalue weighted by atomic mass is 32.1. The molecule has 0 saturated carbocycles. The highest BCUT2D eigenvalue weighted by Gasteiger charge is 2.07. The maximum atomic E-state index is 4.53. The molecule has 0 amide bonds. The van der Waals surface area contributed by atoms with Gasteiger partial charge in [0.15, 0.2) is 0 Å². The standard InChI is InChI=1S/C26H20N2S/c1-3-19-9-5-7-11-21(19)13-15-23-17-18-24(26-25(23)27-29-28-26)16-14-22-12-8-6-10-20(22)4-2/h3-18H,1-2H2. The smallest absolute Gasteiger partial charge is 0.112 e. The molecule has 4 rings (SSSR count). The van der Waals surface area contributed by atoms with E-state index in [9.17, 15) is 0 Å². The van der Waals surface area contributed by atoms with Crippen LogP contribution in [0.5, 0.6) is 0 Å². The third-order valence-corrected chi connectivity index (χ3v) is 5.32. The molecular weight excluding hydrogens is 372 g/mol. The zero-order valence-corrected chi connectivity index (χ0v) is 16.8. The first kappa shape index (κ1) is 18.8. The van der Waals surface area contributed by atoms with E-state index < -0.39 is 0 Å². The number of fused-ring (bicyclic) bond motifs is 1. The second kappa shape index (κ2) is 8.63. The molecule has 0 saturated heterocycles. The summed E-state index contributed by atoms with van der Waals surface area (Å²) in [7, 11) is 0. The van der Waals surface area contributed by atoms with E-state index in [1.54, 1.807) is 0 Å². The van der Waals surface area contributed by atoms with Gasteiger partial charge in [0.25, 0.3) is 0 Å². The van der Waals surface area contributed by atoms with Crippen LogP contribution in [0.1, 0.15) is 33.4 Å². The maximum Gasteiger partial charge on any atom is 0.112 e. The van der Waals surface area contributed by atoms with Crippen LogP contribution in [0.15, 0.2) is 73.8 Å². The van der Waals surface area contributed by atoms with E-state index >= 15 is 0 Å². The van der Waals surface area contributed by atoms with Crippen molar-refractivity contribution in [2.45, 2.75) is 0 Å². The van der Waals surface area contributed by atoms with Crippen LogP contribution >= 0.6 is 11.7 Å². The SMILES string of the molecule is C=Cc1ccccc1C=Cc1ccc(C=Cc2ccccc2C=C)c2nsnc12. The van der Waals surface area contributed by atoms with E-state index in [1.807, 2.05) is 36.4 Å². The van der Waals surface area contributed by atoms with Crippen LogP contribution < -0.4 is 0 Å². The van der Waals surface area contributed by atoms with E-state index in [-0.39, 0.29) is 0 Å². The highest BCUT2D eigenvalue weighted by molar-refractivity contribution is 7.00. The number of nitrogens with zero attached hydrogens (tertiary/aromatic N) is 2. The van der Waals surface area contributed by atoms with Gasteiger partial charge in [-0.15, -0.1) is 0 Å². The fraction of sp³-hybridized carbons (Fsp3) is 0. The van der Waals surface area contributed by atoms with Crippen LogP contribution in [-0.2, 0) is 0 Å². The van der Waals surface area contributed by atoms with Gasteiger partial charge >= 0.3 is 0 Å². The number of benzene rings is 3. The Kier molecular flexibility index (Phi) is 5.59. The Labute approximate surface area is 175 Å². The van der Waals surface area contributed by atoms with Crippen molar-refractivity contribution in [2.75, 3.05) is 0 Å². The first-order valence-corrected chi connectivity index (χ1v) is 10.1. The molecule has 0 aliphatic rings. The van der Waals surface area contributed by atoms with Gasteiger partial charge in [0.1, 0.15) is 11.0 Å². The van der Waals surface area contributed by atoms with Crippen LogP contribution in [0.3, 0.4) is 0 Å². The molecule has 4 aromatic rings. The van der Waals surface area contributed by atoms with Gasteiger partial charge in [0.2, 0.25) is 0 Å². The van der Waals surface area contributed by atoms with E-state index in [1.165, 1.54) is 11.7 Å². The largest absolute Gasteiger partial charge is 0.172 e. The predicted molar refractivity (Wildman–Crippen MR) is 128 cm³/mol. The fourth-order valence-electron chi connectivity index (χ4n) is 3.23. The van der Waals surface area contributed by atoms with Crippen LogP contribution in [-0.4, -0.2) is 8.75 Å². The molecule has 3 heteroatoms. The molecule has 140 valence electrons. The van der Waals surface area contributed by atoms with Crippen molar-refractivity contribution in [3.05, 3.63) is 107 Å². The fourth-order valence-corrected chi connectivity index (χ4v) is 3.82. The van der Waals surface area contributed by atoms with Gasteiger partial charge in [-0.1, -0.05) is 110 Å². The van der Waals surface area contributed by atoms with Gasteiger partial charge in [0.05, 0.1) is 11.7 Å². The Morgan fingerprint density at radius 1 is 0.517 bits per heavy atom. The van der Waals surface area contributed by atoms with E-state index in [2.05, 4.69) is 82.6 Å². The second-order valence-corrected chi connectivity index (χ2v) is 7.07. The van der Waals surface area contributed by atoms with Crippen molar-refractivity contribution in [1.29, 1.82) is 0 Å². The van der Waals surface area contributed by atoms with Gasteiger partial charge in [0, 0.05) is 11.1 Å². The van der Waals surface area contributed by atoms with Gasteiger partial charge in [-0.05, 0) is 22.3 Å². The van der Waals surface area contributed by atoms with Crippen molar-refractivity contribution in [3.63, 3.8) is 0 Å². The first-order valence-electron chi connectivity index (χ1n) is 9.34. The summed E-state index contributed by atoms with van der Waals surface area (Å²) in [5.74, 6) is 0. The molecule has 0 radical (unpaired) electrons. The number of aromatic nitrogens is 2. The van der Waals surface area contributed by atoms with E-state index in [0.29, 0.717) is 0 Å². The normalized spacial score (nSPS) is 11.4. The molecule has 0 bridgehead atoms. The summed E-state index contributed by atoms with van der Waals surface area (Å²) in [5.41, 5.74) is 8.41. The van der Waals surface area contributed by atoms with Crippen molar-refractivity contribution < 1.29 is 0 Å². The van der Waals surface area contributed by atoms with Crippen LogP contribution in [0.25, 0.3) is 47.5 Å².